The van der Waals surface area contributed by atoms with Crippen LogP contribution in [0.2, 0.25) is 0 Å². The first-order chi connectivity index (χ1) is 11.4. The van der Waals surface area contributed by atoms with E-state index in [2.05, 4.69) is 15.9 Å². The van der Waals surface area contributed by atoms with Gasteiger partial charge in [-0.05, 0) is 37.3 Å². The van der Waals surface area contributed by atoms with Crippen LogP contribution in [-0.4, -0.2) is 23.3 Å². The van der Waals surface area contributed by atoms with Crippen molar-refractivity contribution in [2.24, 2.45) is 0 Å². The Morgan fingerprint density at radius 3 is 2.71 bits per heavy atom. The van der Waals surface area contributed by atoms with Crippen LogP contribution in [-0.2, 0) is 10.4 Å². The van der Waals surface area contributed by atoms with Gasteiger partial charge >= 0.3 is 0 Å². The Morgan fingerprint density at radius 1 is 1.29 bits per heavy atom. The molecule has 0 radical (unpaired) electrons. The molecular formula is C18H17BrN2O3. The fourth-order valence-electron chi connectivity index (χ4n) is 3.05. The first-order valence-corrected chi connectivity index (χ1v) is 8.39. The lowest BCUT2D eigenvalue weighted by Gasteiger charge is -2.22. The molecule has 2 aromatic carbocycles. The number of halogens is 1. The van der Waals surface area contributed by atoms with Crippen molar-refractivity contribution in [1.29, 1.82) is 0 Å². The van der Waals surface area contributed by atoms with Crippen LogP contribution in [0.15, 0.2) is 46.9 Å². The highest BCUT2D eigenvalue weighted by Crippen LogP contribution is 2.44. The molecule has 1 amide bonds. The maximum Gasteiger partial charge on any atom is 0.264 e. The van der Waals surface area contributed by atoms with Crippen molar-refractivity contribution in [3.05, 3.63) is 58.1 Å². The zero-order chi connectivity index (χ0) is 17.5. The van der Waals surface area contributed by atoms with Crippen LogP contribution in [0.4, 0.5) is 11.4 Å². The van der Waals surface area contributed by atoms with E-state index in [1.807, 2.05) is 6.92 Å². The minimum Gasteiger partial charge on any atom is -0.399 e. The molecule has 1 aliphatic rings. The third-order valence-corrected chi connectivity index (χ3v) is 4.73. The van der Waals surface area contributed by atoms with Gasteiger partial charge in [0.1, 0.15) is 0 Å². The van der Waals surface area contributed by atoms with E-state index in [9.17, 15) is 14.7 Å². The summed E-state index contributed by atoms with van der Waals surface area (Å²) in [4.78, 5) is 26.8. The number of nitrogens with two attached hydrogens (primary N) is 1. The van der Waals surface area contributed by atoms with Gasteiger partial charge < -0.3 is 15.7 Å². The smallest absolute Gasteiger partial charge is 0.264 e. The molecule has 0 saturated heterocycles. The van der Waals surface area contributed by atoms with Crippen molar-refractivity contribution in [2.45, 2.75) is 18.9 Å². The number of anilines is 2. The van der Waals surface area contributed by atoms with Crippen molar-refractivity contribution in [1.82, 2.24) is 0 Å². The van der Waals surface area contributed by atoms with Crippen LogP contribution in [0.1, 0.15) is 29.3 Å². The van der Waals surface area contributed by atoms with E-state index < -0.39 is 11.5 Å². The van der Waals surface area contributed by atoms with Gasteiger partial charge in [-0.2, -0.15) is 0 Å². The number of rotatable bonds is 4. The van der Waals surface area contributed by atoms with Crippen LogP contribution in [0.3, 0.4) is 0 Å². The topological polar surface area (TPSA) is 83.6 Å². The van der Waals surface area contributed by atoms with E-state index in [1.54, 1.807) is 42.5 Å². The van der Waals surface area contributed by atoms with Crippen molar-refractivity contribution in [3.8, 4) is 0 Å². The number of ketones is 1. The molecular weight excluding hydrogens is 372 g/mol. The summed E-state index contributed by atoms with van der Waals surface area (Å²) in [5, 5.41) is 11.1. The summed E-state index contributed by atoms with van der Waals surface area (Å²) >= 11 is 3.36. The Hall–Kier alpha value is -2.18. The van der Waals surface area contributed by atoms with Gasteiger partial charge in [0, 0.05) is 27.8 Å². The van der Waals surface area contributed by atoms with E-state index in [4.69, 9.17) is 5.73 Å². The maximum atomic E-state index is 12.7. The van der Waals surface area contributed by atoms with Crippen molar-refractivity contribution in [3.63, 3.8) is 0 Å². The quantitative estimate of drug-likeness (QED) is 0.622. The lowest BCUT2D eigenvalue weighted by molar-refractivity contribution is -0.135. The molecule has 124 valence electrons. The molecule has 0 aliphatic carbocycles. The van der Waals surface area contributed by atoms with E-state index in [0.29, 0.717) is 29.0 Å². The highest BCUT2D eigenvalue weighted by molar-refractivity contribution is 9.10. The number of nitrogens with zero attached hydrogens (tertiary/aromatic N) is 1. The maximum absolute atomic E-state index is 12.7. The second-order valence-electron chi connectivity index (χ2n) is 5.80. The van der Waals surface area contributed by atoms with Crippen LogP contribution in [0, 0.1) is 0 Å². The van der Waals surface area contributed by atoms with Crippen LogP contribution in [0.5, 0.6) is 0 Å². The second kappa shape index (κ2) is 6.03. The summed E-state index contributed by atoms with van der Waals surface area (Å²) in [6, 6.07) is 11.8. The Morgan fingerprint density at radius 2 is 2.04 bits per heavy atom. The lowest BCUT2D eigenvalue weighted by atomic mass is 9.88. The summed E-state index contributed by atoms with van der Waals surface area (Å²) < 4.78 is 0.738. The molecule has 0 aromatic heterocycles. The summed E-state index contributed by atoms with van der Waals surface area (Å²) in [6.07, 6.45) is -0.324. The van der Waals surface area contributed by atoms with Gasteiger partial charge in [-0.1, -0.05) is 28.1 Å². The zero-order valence-corrected chi connectivity index (χ0v) is 14.7. The van der Waals surface area contributed by atoms with Gasteiger partial charge in [0.15, 0.2) is 11.4 Å². The van der Waals surface area contributed by atoms with Gasteiger partial charge in [-0.3, -0.25) is 9.59 Å². The van der Waals surface area contributed by atoms with Crippen molar-refractivity contribution < 1.29 is 14.7 Å². The molecule has 1 aliphatic heterocycles. The molecule has 1 heterocycles. The molecule has 0 fully saturated rings. The first-order valence-electron chi connectivity index (χ1n) is 7.60. The van der Waals surface area contributed by atoms with Crippen LogP contribution in [0.25, 0.3) is 0 Å². The summed E-state index contributed by atoms with van der Waals surface area (Å²) in [6.45, 7) is 2.25. The van der Waals surface area contributed by atoms with Crippen molar-refractivity contribution >= 4 is 39.0 Å². The van der Waals surface area contributed by atoms with Crippen LogP contribution < -0.4 is 10.6 Å². The largest absolute Gasteiger partial charge is 0.399 e. The Kier molecular flexibility index (Phi) is 4.19. The predicted molar refractivity (Wildman–Crippen MR) is 95.9 cm³/mol. The molecule has 24 heavy (non-hydrogen) atoms. The number of carbonyl (C=O) groups excluding carboxylic acids is 2. The second-order valence-corrected chi connectivity index (χ2v) is 6.71. The number of carbonyl (C=O) groups is 2. The number of fused-ring (bicyclic) bond motifs is 1. The standard InChI is InChI=1S/C18H17BrN2O3/c1-2-21-15-7-6-12(19)9-14(15)18(24,17(21)23)10-16(22)11-4-3-5-13(20)8-11/h3-9,24H,2,10,20H2,1H3/t18-/m0/s1. The molecule has 3 N–H and O–H groups in total. The Bertz CT molecular complexity index is 837. The van der Waals surface area contributed by atoms with Gasteiger partial charge in [-0.25, -0.2) is 0 Å². The third kappa shape index (κ3) is 2.61. The average Bonchev–Trinajstić information content (AvgIpc) is 2.75. The monoisotopic (exact) mass is 388 g/mol. The highest BCUT2D eigenvalue weighted by atomic mass is 79.9. The molecule has 0 spiro atoms. The number of hydrogen-bond acceptors (Lipinski definition) is 4. The zero-order valence-electron chi connectivity index (χ0n) is 13.1. The first kappa shape index (κ1) is 16.7. The summed E-state index contributed by atoms with van der Waals surface area (Å²) in [7, 11) is 0. The van der Waals surface area contributed by atoms with Gasteiger partial charge in [0.05, 0.1) is 12.1 Å². The molecule has 0 unspecified atom stereocenters. The minimum absolute atomic E-state index is 0.324. The number of likely N-dealkylation sites (N-methyl/N-ethyl adjacent to an activating group) is 1. The lowest BCUT2D eigenvalue weighted by Crippen LogP contribution is -2.41. The van der Waals surface area contributed by atoms with E-state index >= 15 is 0 Å². The normalized spacial score (nSPS) is 19.5. The molecule has 1 atom stereocenters. The average molecular weight is 389 g/mol. The summed E-state index contributed by atoms with van der Waals surface area (Å²) in [5.41, 5.74) is 5.76. The predicted octanol–water partition coefficient (Wildman–Crippen LogP) is 2.86. The number of nitrogen functional groups attached to an aromatic ring is 1. The number of benzene rings is 2. The van der Waals surface area contributed by atoms with Crippen molar-refractivity contribution in [2.75, 3.05) is 17.2 Å². The third-order valence-electron chi connectivity index (χ3n) is 4.24. The van der Waals surface area contributed by atoms with Gasteiger partial charge in [0.25, 0.3) is 5.91 Å². The SMILES string of the molecule is CCN1C(=O)[C@](O)(CC(=O)c2cccc(N)c2)c2cc(Br)ccc21. The van der Waals surface area contributed by atoms with Gasteiger partial charge in [-0.15, -0.1) is 0 Å². The van der Waals surface area contributed by atoms with E-state index in [-0.39, 0.29) is 12.2 Å². The minimum atomic E-state index is -1.86. The molecule has 0 saturated carbocycles. The Balaban J connectivity index is 2.02. The number of hydrogen-bond donors (Lipinski definition) is 2. The van der Waals surface area contributed by atoms with Crippen LogP contribution >= 0.6 is 15.9 Å². The summed E-state index contributed by atoms with van der Waals surface area (Å²) in [5.74, 6) is -0.808. The number of aliphatic hydroxyl groups is 1. The fraction of sp³-hybridized carbons (Fsp3) is 0.222. The molecule has 0 bridgehead atoms. The molecule has 6 heteroatoms. The molecule has 5 nitrogen and oxygen atoms in total. The molecule has 3 rings (SSSR count). The van der Waals surface area contributed by atoms with E-state index in [0.717, 1.165) is 4.47 Å². The Labute approximate surface area is 148 Å². The highest BCUT2D eigenvalue weighted by Gasteiger charge is 2.50. The fourth-order valence-corrected chi connectivity index (χ4v) is 3.42. The molecule has 2 aromatic rings. The van der Waals surface area contributed by atoms with Gasteiger partial charge in [0.2, 0.25) is 0 Å². The van der Waals surface area contributed by atoms with E-state index in [1.165, 1.54) is 4.90 Å². The number of amides is 1. The number of Topliss-reactive ketones (excluding diaryl/α,β-unsaturated/α-hetero) is 1.